The lowest BCUT2D eigenvalue weighted by Gasteiger charge is -2.29. The van der Waals surface area contributed by atoms with Crippen molar-refractivity contribution in [2.24, 2.45) is 0 Å². The van der Waals surface area contributed by atoms with Crippen LogP contribution in [0.2, 0.25) is 0 Å². The number of hydrogen-bond acceptors (Lipinski definition) is 1. The minimum atomic E-state index is 1.10. The molecule has 1 heterocycles. The Morgan fingerprint density at radius 3 is 1.65 bits per heavy atom. The SMILES string of the molecule is c1ccc(-c2c(N(c3ccccc3)c3ccc4c(c3)c3ccccc3n4-c3ccccc3)ccc3cc4ccccc4c(-c4ccccc4)c23)cc1. The predicted octanol–water partition coefficient (Wildman–Crippen LogP) is 13.9. The molecule has 2 nitrogen and oxygen atoms in total. The van der Waals surface area contributed by atoms with Crippen molar-refractivity contribution in [3.63, 3.8) is 0 Å². The Kier molecular flexibility index (Phi) is 7.18. The fourth-order valence-corrected chi connectivity index (χ4v) is 8.10. The Hall–Kier alpha value is -6.90. The Balaban J connectivity index is 1.32. The largest absolute Gasteiger partial charge is 0.310 e. The van der Waals surface area contributed by atoms with E-state index in [0.717, 1.165) is 22.7 Å². The van der Waals surface area contributed by atoms with Crippen LogP contribution in [0.25, 0.3) is 71.3 Å². The summed E-state index contributed by atoms with van der Waals surface area (Å²) in [6, 6.07) is 74.7. The summed E-state index contributed by atoms with van der Waals surface area (Å²) in [5, 5.41) is 7.40. The van der Waals surface area contributed by atoms with E-state index in [4.69, 9.17) is 0 Å². The van der Waals surface area contributed by atoms with Gasteiger partial charge < -0.3 is 9.47 Å². The summed E-state index contributed by atoms with van der Waals surface area (Å²) >= 11 is 0. The highest BCUT2D eigenvalue weighted by Gasteiger charge is 2.24. The van der Waals surface area contributed by atoms with Gasteiger partial charge in [-0.2, -0.15) is 0 Å². The molecule has 0 unspecified atom stereocenters. The molecule has 1 aromatic heterocycles. The highest BCUT2D eigenvalue weighted by Crippen LogP contribution is 2.49. The summed E-state index contributed by atoms with van der Waals surface area (Å²) in [5.41, 5.74) is 11.7. The quantitative estimate of drug-likeness (QED) is 0.161. The van der Waals surface area contributed by atoms with Crippen LogP contribution in [0.5, 0.6) is 0 Å². The molecule has 0 fully saturated rings. The molecular formula is C50H34N2. The molecule has 0 aliphatic rings. The van der Waals surface area contributed by atoms with Gasteiger partial charge >= 0.3 is 0 Å². The van der Waals surface area contributed by atoms with Gasteiger partial charge in [0.15, 0.2) is 0 Å². The fraction of sp³-hybridized carbons (Fsp3) is 0. The standard InChI is InChI=1S/C50H34N2/c1-5-17-35(18-6-1)48-42-26-14-13-21-37(42)33-38-29-31-47(49(50(38)48)36-19-7-2-8-20-36)51(39-22-9-3-10-23-39)41-30-32-46-44(34-41)43-27-15-16-28-45(43)52(46)40-24-11-4-12-25-40/h1-34H. The lowest BCUT2D eigenvalue weighted by molar-refractivity contribution is 1.18. The highest BCUT2D eigenvalue weighted by molar-refractivity contribution is 6.20. The van der Waals surface area contributed by atoms with Crippen molar-refractivity contribution in [3.8, 4) is 27.9 Å². The third-order valence-corrected chi connectivity index (χ3v) is 10.3. The van der Waals surface area contributed by atoms with E-state index in [9.17, 15) is 0 Å². The summed E-state index contributed by atoms with van der Waals surface area (Å²) in [7, 11) is 0. The number of anilines is 3. The second-order valence-electron chi connectivity index (χ2n) is 13.3. The summed E-state index contributed by atoms with van der Waals surface area (Å²) in [6.45, 7) is 0. The third kappa shape index (κ3) is 4.88. The minimum Gasteiger partial charge on any atom is -0.310 e. The van der Waals surface area contributed by atoms with Crippen LogP contribution in [0.15, 0.2) is 206 Å². The first-order valence-electron chi connectivity index (χ1n) is 17.9. The minimum absolute atomic E-state index is 1.10. The zero-order valence-electron chi connectivity index (χ0n) is 28.5. The van der Waals surface area contributed by atoms with Gasteiger partial charge in [0.2, 0.25) is 0 Å². The van der Waals surface area contributed by atoms with Crippen molar-refractivity contribution < 1.29 is 0 Å². The van der Waals surface area contributed by atoms with E-state index in [1.807, 2.05) is 0 Å². The zero-order valence-corrected chi connectivity index (χ0v) is 28.5. The molecule has 0 bridgehead atoms. The predicted molar refractivity (Wildman–Crippen MR) is 221 cm³/mol. The van der Waals surface area contributed by atoms with Crippen LogP contribution in [0.3, 0.4) is 0 Å². The molecule has 0 saturated heterocycles. The second kappa shape index (κ2) is 12.5. The van der Waals surface area contributed by atoms with Crippen molar-refractivity contribution >= 4 is 60.4 Å². The number of nitrogens with zero attached hydrogens (tertiary/aromatic N) is 2. The van der Waals surface area contributed by atoms with Gasteiger partial charge in [-0.3, -0.25) is 0 Å². The topological polar surface area (TPSA) is 8.17 Å². The van der Waals surface area contributed by atoms with Gasteiger partial charge in [-0.1, -0.05) is 146 Å². The lowest BCUT2D eigenvalue weighted by atomic mass is 9.86. The molecule has 2 heteroatoms. The molecule has 0 aliphatic carbocycles. The average molecular weight is 663 g/mol. The molecule has 0 radical (unpaired) electrons. The van der Waals surface area contributed by atoms with Crippen molar-refractivity contribution in [2.75, 3.05) is 4.90 Å². The molecule has 0 saturated carbocycles. The summed E-state index contributed by atoms with van der Waals surface area (Å²) in [4.78, 5) is 2.44. The van der Waals surface area contributed by atoms with Crippen LogP contribution in [0.1, 0.15) is 0 Å². The van der Waals surface area contributed by atoms with E-state index < -0.39 is 0 Å². The first kappa shape index (κ1) is 30.0. The molecule has 9 aromatic carbocycles. The average Bonchev–Trinajstić information content (AvgIpc) is 3.55. The van der Waals surface area contributed by atoms with E-state index in [1.54, 1.807) is 0 Å². The van der Waals surface area contributed by atoms with Gasteiger partial charge in [-0.05, 0) is 93.5 Å². The molecular weight excluding hydrogens is 629 g/mol. The van der Waals surface area contributed by atoms with Crippen LogP contribution < -0.4 is 4.90 Å². The summed E-state index contributed by atoms with van der Waals surface area (Å²) in [5.74, 6) is 0. The Morgan fingerprint density at radius 2 is 0.923 bits per heavy atom. The van der Waals surface area contributed by atoms with E-state index in [0.29, 0.717) is 0 Å². The van der Waals surface area contributed by atoms with E-state index >= 15 is 0 Å². The molecule has 0 aliphatic heterocycles. The van der Waals surface area contributed by atoms with Crippen LogP contribution in [0, 0.1) is 0 Å². The summed E-state index contributed by atoms with van der Waals surface area (Å²) in [6.07, 6.45) is 0. The monoisotopic (exact) mass is 662 g/mol. The Labute approximate surface area is 303 Å². The maximum atomic E-state index is 2.44. The van der Waals surface area contributed by atoms with Crippen molar-refractivity contribution in [2.45, 2.75) is 0 Å². The van der Waals surface area contributed by atoms with E-state index in [1.165, 1.54) is 65.6 Å². The van der Waals surface area contributed by atoms with Crippen molar-refractivity contribution in [1.29, 1.82) is 0 Å². The highest BCUT2D eigenvalue weighted by atomic mass is 15.1. The van der Waals surface area contributed by atoms with Crippen LogP contribution in [-0.2, 0) is 0 Å². The van der Waals surface area contributed by atoms with E-state index in [-0.39, 0.29) is 0 Å². The number of benzene rings is 9. The van der Waals surface area contributed by atoms with Crippen LogP contribution in [-0.4, -0.2) is 4.57 Å². The second-order valence-corrected chi connectivity index (χ2v) is 13.3. The molecule has 10 rings (SSSR count). The lowest BCUT2D eigenvalue weighted by Crippen LogP contribution is -2.11. The first-order valence-corrected chi connectivity index (χ1v) is 17.9. The maximum absolute atomic E-state index is 2.44. The van der Waals surface area contributed by atoms with Gasteiger partial charge in [0, 0.05) is 38.8 Å². The fourth-order valence-electron chi connectivity index (χ4n) is 8.10. The van der Waals surface area contributed by atoms with E-state index in [2.05, 4.69) is 216 Å². The summed E-state index contributed by atoms with van der Waals surface area (Å²) < 4.78 is 2.38. The molecule has 0 amide bonds. The molecule has 10 aromatic rings. The van der Waals surface area contributed by atoms with Crippen LogP contribution in [0.4, 0.5) is 17.1 Å². The van der Waals surface area contributed by atoms with Crippen molar-refractivity contribution in [3.05, 3.63) is 206 Å². The van der Waals surface area contributed by atoms with Crippen LogP contribution >= 0.6 is 0 Å². The third-order valence-electron chi connectivity index (χ3n) is 10.3. The van der Waals surface area contributed by atoms with Gasteiger partial charge in [-0.15, -0.1) is 0 Å². The van der Waals surface area contributed by atoms with Gasteiger partial charge in [-0.25, -0.2) is 0 Å². The molecule has 244 valence electrons. The molecule has 0 atom stereocenters. The number of fused-ring (bicyclic) bond motifs is 5. The number of para-hydroxylation sites is 3. The normalized spacial score (nSPS) is 11.5. The Morgan fingerprint density at radius 1 is 0.346 bits per heavy atom. The van der Waals surface area contributed by atoms with Gasteiger partial charge in [0.05, 0.1) is 16.7 Å². The van der Waals surface area contributed by atoms with Gasteiger partial charge in [0.1, 0.15) is 0 Å². The number of hydrogen-bond donors (Lipinski definition) is 0. The number of rotatable bonds is 6. The first-order chi connectivity index (χ1) is 25.8. The molecule has 0 N–H and O–H groups in total. The molecule has 0 spiro atoms. The van der Waals surface area contributed by atoms with Gasteiger partial charge in [0.25, 0.3) is 0 Å². The zero-order chi connectivity index (χ0) is 34.4. The molecule has 52 heavy (non-hydrogen) atoms. The van der Waals surface area contributed by atoms with Crippen molar-refractivity contribution in [1.82, 2.24) is 4.57 Å². The smallest absolute Gasteiger partial charge is 0.0546 e. The Bertz CT molecular complexity index is 2870. The number of aromatic nitrogens is 1. The maximum Gasteiger partial charge on any atom is 0.0546 e.